The van der Waals surface area contributed by atoms with Crippen molar-refractivity contribution < 1.29 is 14.3 Å². The van der Waals surface area contributed by atoms with Crippen molar-refractivity contribution in [1.82, 2.24) is 4.57 Å². The monoisotopic (exact) mass is 369 g/mol. The maximum Gasteiger partial charge on any atom is 0.193 e. The number of fused-ring (bicyclic) bond motifs is 5. The van der Waals surface area contributed by atoms with Crippen molar-refractivity contribution in [2.75, 3.05) is 0 Å². The molecule has 4 heteroatoms. The van der Waals surface area contributed by atoms with E-state index in [9.17, 15) is 9.90 Å². The number of aromatic hydroxyl groups is 1. The average Bonchev–Trinajstić information content (AvgIpc) is 3.24. The summed E-state index contributed by atoms with van der Waals surface area (Å²) in [6.45, 7) is 4.84. The third kappa shape index (κ3) is 2.21. The number of hydrogen-bond acceptors (Lipinski definition) is 3. The van der Waals surface area contributed by atoms with Gasteiger partial charge >= 0.3 is 0 Å². The quantitative estimate of drug-likeness (QED) is 0.409. The second-order valence-corrected chi connectivity index (χ2v) is 7.08. The molecule has 0 fully saturated rings. The molecule has 0 bridgehead atoms. The highest BCUT2D eigenvalue weighted by molar-refractivity contribution is 6.21. The highest BCUT2D eigenvalue weighted by atomic mass is 16.4. The van der Waals surface area contributed by atoms with Crippen molar-refractivity contribution in [2.24, 2.45) is 0 Å². The fourth-order valence-electron chi connectivity index (χ4n) is 4.13. The van der Waals surface area contributed by atoms with E-state index in [1.165, 1.54) is 6.26 Å². The fourth-order valence-corrected chi connectivity index (χ4v) is 4.13. The van der Waals surface area contributed by atoms with Gasteiger partial charge in [-0.3, -0.25) is 4.79 Å². The molecule has 4 nitrogen and oxygen atoms in total. The van der Waals surface area contributed by atoms with Gasteiger partial charge in [0.15, 0.2) is 11.5 Å². The van der Waals surface area contributed by atoms with E-state index < -0.39 is 0 Å². The van der Waals surface area contributed by atoms with Crippen LogP contribution in [-0.4, -0.2) is 15.5 Å². The van der Waals surface area contributed by atoms with Crippen LogP contribution in [0.3, 0.4) is 0 Å². The van der Waals surface area contributed by atoms with E-state index >= 15 is 0 Å². The molecule has 0 unspecified atom stereocenters. The molecule has 0 aliphatic rings. The molecule has 0 aliphatic carbocycles. The van der Waals surface area contributed by atoms with Gasteiger partial charge in [0.1, 0.15) is 11.8 Å². The lowest BCUT2D eigenvalue weighted by atomic mass is 9.97. The molecule has 0 aliphatic heterocycles. The van der Waals surface area contributed by atoms with Crippen molar-refractivity contribution >= 4 is 38.6 Å². The first-order chi connectivity index (χ1) is 13.6. The smallest absolute Gasteiger partial charge is 0.193 e. The number of carbonyl (C=O) groups is 1. The Kier molecular flexibility index (Phi) is 3.56. The number of rotatable bonds is 3. The summed E-state index contributed by atoms with van der Waals surface area (Å²) in [6.07, 6.45) is 1.36. The van der Waals surface area contributed by atoms with Crippen LogP contribution in [-0.2, 0) is 6.54 Å². The van der Waals surface area contributed by atoms with Gasteiger partial charge in [0.25, 0.3) is 0 Å². The zero-order chi connectivity index (χ0) is 19.4. The minimum absolute atomic E-state index is 0.00636. The third-order valence-electron chi connectivity index (χ3n) is 5.52. The van der Waals surface area contributed by atoms with Crippen molar-refractivity contribution in [2.45, 2.75) is 20.4 Å². The molecule has 5 rings (SSSR count). The summed E-state index contributed by atoms with van der Waals surface area (Å²) in [5, 5.41) is 12.6. The Labute approximate surface area is 161 Å². The highest BCUT2D eigenvalue weighted by Gasteiger charge is 2.19. The maximum atomic E-state index is 13.1. The molecule has 0 atom stereocenters. The van der Waals surface area contributed by atoms with Gasteiger partial charge in [0.05, 0.1) is 16.3 Å². The van der Waals surface area contributed by atoms with Crippen LogP contribution in [0.4, 0.5) is 0 Å². The topological polar surface area (TPSA) is 55.4 Å². The first-order valence-electron chi connectivity index (χ1n) is 9.35. The van der Waals surface area contributed by atoms with Crippen LogP contribution in [0.15, 0.2) is 65.3 Å². The number of benzene rings is 3. The maximum absolute atomic E-state index is 13.1. The number of hydrogen-bond donors (Lipinski definition) is 1. The normalized spacial score (nSPS) is 11.6. The number of carbonyl (C=O) groups excluding carboxylic acids is 1. The summed E-state index contributed by atoms with van der Waals surface area (Å²) in [5.74, 6) is 0.133. The predicted molar refractivity (Wildman–Crippen MR) is 111 cm³/mol. The van der Waals surface area contributed by atoms with Crippen molar-refractivity contribution in [3.63, 3.8) is 0 Å². The molecule has 0 radical (unpaired) electrons. The number of ketones is 1. The lowest BCUT2D eigenvalue weighted by Gasteiger charge is -2.06. The van der Waals surface area contributed by atoms with E-state index in [1.54, 1.807) is 0 Å². The summed E-state index contributed by atoms with van der Waals surface area (Å²) in [4.78, 5) is 13.1. The predicted octanol–water partition coefficient (Wildman–Crippen LogP) is 5.81. The zero-order valence-corrected chi connectivity index (χ0v) is 15.7. The van der Waals surface area contributed by atoms with Crippen LogP contribution < -0.4 is 0 Å². The van der Waals surface area contributed by atoms with Crippen LogP contribution in [0, 0.1) is 6.92 Å². The van der Waals surface area contributed by atoms with Gasteiger partial charge < -0.3 is 14.1 Å². The van der Waals surface area contributed by atoms with Crippen molar-refractivity contribution in [3.05, 3.63) is 77.6 Å². The Morgan fingerprint density at radius 2 is 1.82 bits per heavy atom. The Balaban J connectivity index is 1.84. The molecule has 28 heavy (non-hydrogen) atoms. The molecule has 5 aromatic rings. The van der Waals surface area contributed by atoms with Crippen LogP contribution >= 0.6 is 0 Å². The van der Waals surface area contributed by atoms with E-state index in [4.69, 9.17) is 4.42 Å². The standard InChI is InChI=1S/C24H19NO3/c1-3-25-19-10-8-15(23(27)16-7-5-4-6-14(16)2)12-18(19)22-20(25)11-9-17-21(26)13-28-24(17)22/h4-13,26H,3H2,1-2H3. The van der Waals surface area contributed by atoms with Crippen LogP contribution in [0.1, 0.15) is 28.4 Å². The first-order valence-corrected chi connectivity index (χ1v) is 9.35. The van der Waals surface area contributed by atoms with Crippen LogP contribution in [0.2, 0.25) is 0 Å². The number of nitrogens with zero attached hydrogens (tertiary/aromatic N) is 1. The molecule has 0 amide bonds. The van der Waals surface area contributed by atoms with Crippen molar-refractivity contribution in [3.8, 4) is 5.75 Å². The second-order valence-electron chi connectivity index (χ2n) is 7.08. The van der Waals surface area contributed by atoms with E-state index in [-0.39, 0.29) is 11.5 Å². The second kappa shape index (κ2) is 5.99. The van der Waals surface area contributed by atoms with Gasteiger partial charge in [0, 0.05) is 28.6 Å². The molecule has 0 spiro atoms. The van der Waals surface area contributed by atoms with Gasteiger partial charge in [-0.15, -0.1) is 0 Å². The lowest BCUT2D eigenvalue weighted by molar-refractivity contribution is 0.103. The number of aryl methyl sites for hydroxylation is 2. The molecule has 138 valence electrons. The van der Waals surface area contributed by atoms with Gasteiger partial charge in [-0.1, -0.05) is 24.3 Å². The minimum Gasteiger partial charge on any atom is -0.504 e. The van der Waals surface area contributed by atoms with Gasteiger partial charge in [-0.25, -0.2) is 0 Å². The molecule has 2 heterocycles. The molecular weight excluding hydrogens is 350 g/mol. The number of furan rings is 1. The fraction of sp³-hybridized carbons (Fsp3) is 0.125. The SMILES string of the molecule is CCn1c2ccc(C(=O)c3ccccc3C)cc2c2c3occ(O)c3ccc21. The number of aromatic nitrogens is 1. The first kappa shape index (κ1) is 16.6. The molecule has 1 N–H and O–H groups in total. The largest absolute Gasteiger partial charge is 0.504 e. The molecular formula is C24H19NO3. The molecule has 0 saturated heterocycles. The zero-order valence-electron chi connectivity index (χ0n) is 15.7. The molecule has 0 saturated carbocycles. The van der Waals surface area contributed by atoms with Crippen molar-refractivity contribution in [1.29, 1.82) is 0 Å². The van der Waals surface area contributed by atoms with E-state index in [0.29, 0.717) is 22.1 Å². The Morgan fingerprint density at radius 3 is 2.61 bits per heavy atom. The Morgan fingerprint density at radius 1 is 1.04 bits per heavy atom. The van der Waals surface area contributed by atoms with Gasteiger partial charge in [-0.2, -0.15) is 0 Å². The van der Waals surface area contributed by atoms with E-state index in [0.717, 1.165) is 33.9 Å². The molecule has 2 aromatic heterocycles. The average molecular weight is 369 g/mol. The van der Waals surface area contributed by atoms with Crippen LogP contribution in [0.25, 0.3) is 32.8 Å². The summed E-state index contributed by atoms with van der Waals surface area (Å²) >= 11 is 0. The minimum atomic E-state index is 0.00636. The lowest BCUT2D eigenvalue weighted by Crippen LogP contribution is -2.03. The van der Waals surface area contributed by atoms with Crippen LogP contribution in [0.5, 0.6) is 5.75 Å². The highest BCUT2D eigenvalue weighted by Crippen LogP contribution is 2.39. The molecule has 3 aromatic carbocycles. The Bertz CT molecular complexity index is 1390. The Hall–Kier alpha value is -3.53. The summed E-state index contributed by atoms with van der Waals surface area (Å²) in [5.41, 5.74) is 5.03. The van der Waals surface area contributed by atoms with E-state index in [2.05, 4.69) is 11.5 Å². The summed E-state index contributed by atoms with van der Waals surface area (Å²) < 4.78 is 7.88. The third-order valence-corrected chi connectivity index (χ3v) is 5.52. The van der Waals surface area contributed by atoms with Gasteiger partial charge in [-0.05, 0) is 49.7 Å². The van der Waals surface area contributed by atoms with Gasteiger partial charge in [0.2, 0.25) is 0 Å². The van der Waals surface area contributed by atoms with E-state index in [1.807, 2.05) is 61.5 Å². The summed E-state index contributed by atoms with van der Waals surface area (Å²) in [7, 11) is 0. The summed E-state index contributed by atoms with van der Waals surface area (Å²) in [6, 6.07) is 17.3.